The third-order valence-electron chi connectivity index (χ3n) is 5.47. The molecule has 2 nitrogen and oxygen atoms in total. The van der Waals surface area contributed by atoms with Crippen LogP contribution in [0.15, 0.2) is 0 Å². The van der Waals surface area contributed by atoms with Gasteiger partial charge in [-0.25, -0.2) is 0 Å². The minimum atomic E-state index is -0.435. The van der Waals surface area contributed by atoms with Gasteiger partial charge in [-0.1, -0.05) is 33.6 Å². The van der Waals surface area contributed by atoms with Crippen molar-refractivity contribution in [2.45, 2.75) is 77.7 Å². The summed E-state index contributed by atoms with van der Waals surface area (Å²) in [5.74, 6) is 1.74. The van der Waals surface area contributed by atoms with E-state index in [1.165, 1.54) is 25.7 Å². The van der Waals surface area contributed by atoms with Gasteiger partial charge >= 0.3 is 0 Å². The smallest absolute Gasteiger partial charge is 0.0772 e. The molecule has 0 saturated heterocycles. The fourth-order valence-electron chi connectivity index (χ4n) is 3.82. The second-order valence-electron chi connectivity index (χ2n) is 8.16. The Labute approximate surface area is 119 Å². The van der Waals surface area contributed by atoms with Crippen molar-refractivity contribution in [3.05, 3.63) is 0 Å². The van der Waals surface area contributed by atoms with Crippen LogP contribution in [0.3, 0.4) is 0 Å². The predicted molar refractivity (Wildman–Crippen MR) is 81.2 cm³/mol. The van der Waals surface area contributed by atoms with Gasteiger partial charge in [-0.3, -0.25) is 0 Å². The molecule has 2 aliphatic carbocycles. The Hall–Kier alpha value is -0.0800. The van der Waals surface area contributed by atoms with Gasteiger partial charge in [-0.2, -0.15) is 0 Å². The molecule has 0 aromatic carbocycles. The summed E-state index contributed by atoms with van der Waals surface area (Å²) in [7, 11) is 0. The standard InChI is InChI=1S/C17H33NO/c1-14-5-4-6-15(11-14)12-18-13-17(19)9-7-16(2,3)8-10-17/h14-15,18-19H,4-13H2,1-3H3. The second kappa shape index (κ2) is 6.13. The molecule has 2 heteroatoms. The zero-order valence-corrected chi connectivity index (χ0v) is 13.2. The van der Waals surface area contributed by atoms with Gasteiger partial charge in [-0.15, -0.1) is 0 Å². The lowest BCUT2D eigenvalue weighted by molar-refractivity contribution is -0.0250. The van der Waals surface area contributed by atoms with E-state index in [9.17, 15) is 5.11 Å². The van der Waals surface area contributed by atoms with Gasteiger partial charge in [0.2, 0.25) is 0 Å². The molecular weight excluding hydrogens is 234 g/mol. The van der Waals surface area contributed by atoms with E-state index in [1.54, 1.807) is 0 Å². The van der Waals surface area contributed by atoms with Crippen LogP contribution in [0.4, 0.5) is 0 Å². The van der Waals surface area contributed by atoms with Gasteiger partial charge in [-0.05, 0) is 62.3 Å². The van der Waals surface area contributed by atoms with Gasteiger partial charge in [0.1, 0.15) is 0 Å². The molecule has 2 aliphatic rings. The topological polar surface area (TPSA) is 32.3 Å². The summed E-state index contributed by atoms with van der Waals surface area (Å²) in [5, 5.41) is 14.2. The molecule has 2 N–H and O–H groups in total. The van der Waals surface area contributed by atoms with Gasteiger partial charge in [0.05, 0.1) is 5.60 Å². The predicted octanol–water partition coefficient (Wildman–Crippen LogP) is 3.73. The normalized spacial score (nSPS) is 34.1. The fraction of sp³-hybridized carbons (Fsp3) is 1.00. The summed E-state index contributed by atoms with van der Waals surface area (Å²) in [4.78, 5) is 0. The quantitative estimate of drug-likeness (QED) is 0.813. The summed E-state index contributed by atoms with van der Waals surface area (Å²) >= 11 is 0. The minimum absolute atomic E-state index is 0.435. The highest BCUT2D eigenvalue weighted by Gasteiger charge is 2.36. The molecule has 0 radical (unpaired) electrons. The molecule has 19 heavy (non-hydrogen) atoms. The highest BCUT2D eigenvalue weighted by atomic mass is 16.3. The van der Waals surface area contributed by atoms with Crippen molar-refractivity contribution in [1.82, 2.24) is 5.32 Å². The highest BCUT2D eigenvalue weighted by molar-refractivity contribution is 4.90. The van der Waals surface area contributed by atoms with Gasteiger partial charge in [0.25, 0.3) is 0 Å². The zero-order chi connectivity index (χ0) is 13.9. The first-order valence-corrected chi connectivity index (χ1v) is 8.32. The summed E-state index contributed by atoms with van der Waals surface area (Å²) in [5.41, 5.74) is 0.000828. The van der Waals surface area contributed by atoms with E-state index >= 15 is 0 Å². The van der Waals surface area contributed by atoms with E-state index in [1.807, 2.05) is 0 Å². The van der Waals surface area contributed by atoms with Gasteiger partial charge in [0.15, 0.2) is 0 Å². The first kappa shape index (κ1) is 15.3. The van der Waals surface area contributed by atoms with E-state index in [0.29, 0.717) is 5.41 Å². The minimum Gasteiger partial charge on any atom is -0.389 e. The van der Waals surface area contributed by atoms with Crippen LogP contribution < -0.4 is 5.32 Å². The van der Waals surface area contributed by atoms with Gasteiger partial charge in [0, 0.05) is 6.54 Å². The maximum absolute atomic E-state index is 10.6. The van der Waals surface area contributed by atoms with Crippen molar-refractivity contribution >= 4 is 0 Å². The maximum Gasteiger partial charge on any atom is 0.0772 e. The van der Waals surface area contributed by atoms with Crippen LogP contribution in [0.5, 0.6) is 0 Å². The average molecular weight is 267 g/mol. The summed E-state index contributed by atoms with van der Waals surface area (Å²) in [6.07, 6.45) is 9.81. The van der Waals surface area contributed by atoms with Crippen LogP contribution in [0.25, 0.3) is 0 Å². The molecule has 2 fully saturated rings. The van der Waals surface area contributed by atoms with E-state index in [2.05, 4.69) is 26.1 Å². The monoisotopic (exact) mass is 267 g/mol. The zero-order valence-electron chi connectivity index (χ0n) is 13.2. The maximum atomic E-state index is 10.6. The lowest BCUT2D eigenvalue weighted by Crippen LogP contribution is -2.46. The molecule has 0 aromatic rings. The SMILES string of the molecule is CC1CCCC(CNCC2(O)CCC(C)(C)CC2)C1. The van der Waals surface area contributed by atoms with E-state index in [0.717, 1.165) is 50.6 Å². The Kier molecular flexibility index (Phi) is 4.94. The lowest BCUT2D eigenvalue weighted by atomic mass is 9.71. The van der Waals surface area contributed by atoms with Crippen molar-refractivity contribution in [2.75, 3.05) is 13.1 Å². The average Bonchev–Trinajstić information content (AvgIpc) is 2.34. The first-order valence-electron chi connectivity index (χ1n) is 8.32. The number of hydrogen-bond acceptors (Lipinski definition) is 2. The van der Waals surface area contributed by atoms with Crippen molar-refractivity contribution in [3.8, 4) is 0 Å². The highest BCUT2D eigenvalue weighted by Crippen LogP contribution is 2.39. The molecule has 2 atom stereocenters. The Morgan fingerprint density at radius 1 is 1.11 bits per heavy atom. The molecule has 2 unspecified atom stereocenters. The molecule has 0 aromatic heterocycles. The largest absolute Gasteiger partial charge is 0.389 e. The molecule has 0 aliphatic heterocycles. The van der Waals surface area contributed by atoms with Crippen LogP contribution >= 0.6 is 0 Å². The Morgan fingerprint density at radius 3 is 2.42 bits per heavy atom. The molecular formula is C17H33NO. The molecule has 0 amide bonds. The molecule has 0 heterocycles. The van der Waals surface area contributed by atoms with Crippen LogP contribution in [0.2, 0.25) is 0 Å². The molecule has 2 saturated carbocycles. The summed E-state index contributed by atoms with van der Waals surface area (Å²) in [6, 6.07) is 0. The molecule has 112 valence electrons. The number of hydrogen-bond donors (Lipinski definition) is 2. The fourth-order valence-corrected chi connectivity index (χ4v) is 3.82. The van der Waals surface area contributed by atoms with E-state index in [-0.39, 0.29) is 0 Å². The summed E-state index contributed by atoms with van der Waals surface area (Å²) < 4.78 is 0. The first-order chi connectivity index (χ1) is 8.89. The van der Waals surface area contributed by atoms with Crippen LogP contribution in [0.1, 0.15) is 72.1 Å². The van der Waals surface area contributed by atoms with Crippen LogP contribution in [-0.2, 0) is 0 Å². The van der Waals surface area contributed by atoms with Crippen LogP contribution in [0, 0.1) is 17.3 Å². The van der Waals surface area contributed by atoms with E-state index in [4.69, 9.17) is 0 Å². The van der Waals surface area contributed by atoms with Crippen molar-refractivity contribution < 1.29 is 5.11 Å². The third kappa shape index (κ3) is 4.75. The van der Waals surface area contributed by atoms with Crippen molar-refractivity contribution in [1.29, 1.82) is 0 Å². The Balaban J connectivity index is 1.67. The lowest BCUT2D eigenvalue weighted by Gasteiger charge is -2.40. The number of rotatable bonds is 4. The summed E-state index contributed by atoms with van der Waals surface area (Å²) in [6.45, 7) is 8.93. The second-order valence-corrected chi connectivity index (χ2v) is 8.16. The Bertz CT molecular complexity index is 277. The molecule has 2 rings (SSSR count). The molecule has 0 bridgehead atoms. The van der Waals surface area contributed by atoms with Crippen molar-refractivity contribution in [3.63, 3.8) is 0 Å². The van der Waals surface area contributed by atoms with Crippen molar-refractivity contribution in [2.24, 2.45) is 17.3 Å². The molecule has 0 spiro atoms. The van der Waals surface area contributed by atoms with Gasteiger partial charge < -0.3 is 10.4 Å². The van der Waals surface area contributed by atoms with Crippen LogP contribution in [-0.4, -0.2) is 23.8 Å². The van der Waals surface area contributed by atoms with E-state index < -0.39 is 5.60 Å². The number of aliphatic hydroxyl groups is 1. The Morgan fingerprint density at radius 2 is 1.79 bits per heavy atom. The third-order valence-corrected chi connectivity index (χ3v) is 5.47. The number of nitrogens with one attached hydrogen (secondary N) is 1.